The highest BCUT2D eigenvalue weighted by molar-refractivity contribution is 5.76. The molecule has 0 heterocycles. The Morgan fingerprint density at radius 2 is 1.38 bits per heavy atom. The first-order valence-electron chi connectivity index (χ1n) is 13.5. The van der Waals surface area contributed by atoms with Crippen molar-refractivity contribution in [2.75, 3.05) is 46.6 Å². The number of benzene rings is 2. The second-order valence-electron chi connectivity index (χ2n) is 9.18. The van der Waals surface area contributed by atoms with Gasteiger partial charge in [-0.05, 0) is 62.3 Å². The summed E-state index contributed by atoms with van der Waals surface area (Å²) in [6.45, 7) is 4.86. The van der Waals surface area contributed by atoms with Gasteiger partial charge in [0.05, 0.1) is 6.61 Å². The molecule has 0 aliphatic heterocycles. The fraction of sp³-hybridized carbons (Fsp3) is 0.533. The zero-order valence-electron chi connectivity index (χ0n) is 22.6. The summed E-state index contributed by atoms with van der Waals surface area (Å²) < 4.78 is 16.4. The molecule has 204 valence electrons. The largest absolute Gasteiger partial charge is 0.491 e. The number of hydrogen-bond donors (Lipinski definition) is 2. The molecule has 0 fully saturated rings. The van der Waals surface area contributed by atoms with E-state index in [0.29, 0.717) is 39.4 Å². The zero-order valence-corrected chi connectivity index (χ0v) is 22.6. The van der Waals surface area contributed by atoms with Crippen LogP contribution in [-0.4, -0.2) is 58.4 Å². The van der Waals surface area contributed by atoms with Gasteiger partial charge in [0.25, 0.3) is 0 Å². The summed E-state index contributed by atoms with van der Waals surface area (Å²) in [5.41, 5.74) is 3.86. The number of hydrogen-bond acceptors (Lipinski definition) is 5. The summed E-state index contributed by atoms with van der Waals surface area (Å²) >= 11 is 0. The van der Waals surface area contributed by atoms with Gasteiger partial charge < -0.3 is 24.8 Å². The van der Waals surface area contributed by atoms with E-state index >= 15 is 0 Å². The van der Waals surface area contributed by atoms with E-state index in [1.54, 1.807) is 7.05 Å². The van der Waals surface area contributed by atoms with Crippen molar-refractivity contribution in [3.63, 3.8) is 0 Å². The zero-order chi connectivity index (χ0) is 26.6. The summed E-state index contributed by atoms with van der Waals surface area (Å²) in [6.07, 6.45) is 7.63. The number of aryl methyl sites for hydroxylation is 2. The van der Waals surface area contributed by atoms with Gasteiger partial charge in [-0.3, -0.25) is 9.59 Å². The molecule has 0 aliphatic rings. The van der Waals surface area contributed by atoms with Crippen LogP contribution in [0.15, 0.2) is 48.5 Å². The molecule has 7 heteroatoms. The maximum atomic E-state index is 12.1. The predicted molar refractivity (Wildman–Crippen MR) is 147 cm³/mol. The molecule has 0 aromatic heterocycles. The number of nitrogens with one attached hydrogen (secondary N) is 2. The van der Waals surface area contributed by atoms with Crippen molar-refractivity contribution in [1.29, 1.82) is 0 Å². The summed E-state index contributed by atoms with van der Waals surface area (Å²) in [4.78, 5) is 23.1. The fourth-order valence-electron chi connectivity index (χ4n) is 3.73. The van der Waals surface area contributed by atoms with Crippen molar-refractivity contribution in [2.45, 2.75) is 58.3 Å². The van der Waals surface area contributed by atoms with Crippen LogP contribution in [0.25, 0.3) is 0 Å². The van der Waals surface area contributed by atoms with Gasteiger partial charge in [-0.2, -0.15) is 0 Å². The fourth-order valence-corrected chi connectivity index (χ4v) is 3.73. The van der Waals surface area contributed by atoms with Crippen LogP contribution < -0.4 is 15.4 Å². The van der Waals surface area contributed by atoms with Crippen molar-refractivity contribution in [2.24, 2.45) is 0 Å². The van der Waals surface area contributed by atoms with Crippen LogP contribution in [0.4, 0.5) is 0 Å². The lowest BCUT2D eigenvalue weighted by atomic mass is 10.0. The minimum absolute atomic E-state index is 0.0811. The van der Waals surface area contributed by atoms with E-state index in [1.165, 1.54) is 17.5 Å². The highest BCUT2D eigenvalue weighted by Crippen LogP contribution is 2.13. The van der Waals surface area contributed by atoms with Gasteiger partial charge in [0.1, 0.15) is 19.0 Å². The van der Waals surface area contributed by atoms with E-state index in [9.17, 15) is 9.59 Å². The minimum Gasteiger partial charge on any atom is -0.491 e. The van der Waals surface area contributed by atoms with Gasteiger partial charge in [0.15, 0.2) is 0 Å². The van der Waals surface area contributed by atoms with Crippen molar-refractivity contribution in [1.82, 2.24) is 10.6 Å². The molecule has 0 radical (unpaired) electrons. The number of ether oxygens (including phenoxy) is 3. The highest BCUT2D eigenvalue weighted by Gasteiger charge is 2.03. The molecule has 0 aliphatic carbocycles. The topological polar surface area (TPSA) is 85.9 Å². The molecule has 7 nitrogen and oxygen atoms in total. The lowest BCUT2D eigenvalue weighted by molar-refractivity contribution is -0.125. The standard InChI is InChI=1S/C30H44N2O5/c1-25-10-12-26(13-11-25)8-5-3-4-6-9-29(33)32-19-18-27-14-16-28(17-15-27)37-23-22-35-20-7-21-36-24-30(34)31-2/h10-17H,3-9,18-24H2,1-2H3,(H,31,34)(H,32,33). The third-order valence-electron chi connectivity index (χ3n) is 5.98. The average Bonchev–Trinajstić information content (AvgIpc) is 2.91. The number of unbranched alkanes of at least 4 members (excludes halogenated alkanes) is 3. The number of carbonyl (C=O) groups excluding carboxylic acids is 2. The van der Waals surface area contributed by atoms with Crippen molar-refractivity contribution < 1.29 is 23.8 Å². The Labute approximate surface area is 222 Å². The predicted octanol–water partition coefficient (Wildman–Crippen LogP) is 4.40. The molecule has 37 heavy (non-hydrogen) atoms. The number of carbonyl (C=O) groups is 2. The first kappa shape index (κ1) is 30.3. The number of rotatable bonds is 20. The van der Waals surface area contributed by atoms with Gasteiger partial charge in [0, 0.05) is 33.2 Å². The van der Waals surface area contributed by atoms with Crippen LogP contribution in [0.2, 0.25) is 0 Å². The van der Waals surface area contributed by atoms with Crippen LogP contribution in [0, 0.1) is 6.92 Å². The van der Waals surface area contributed by atoms with Gasteiger partial charge in [0.2, 0.25) is 11.8 Å². The Hall–Kier alpha value is -2.90. The van der Waals surface area contributed by atoms with E-state index in [4.69, 9.17) is 14.2 Å². The molecule has 0 saturated heterocycles. The summed E-state index contributed by atoms with van der Waals surface area (Å²) in [5.74, 6) is 0.806. The Balaban J connectivity index is 1.42. The van der Waals surface area contributed by atoms with Gasteiger partial charge >= 0.3 is 0 Å². The number of likely N-dealkylation sites (N-methyl/N-ethyl adjacent to an activating group) is 1. The van der Waals surface area contributed by atoms with E-state index < -0.39 is 0 Å². The maximum absolute atomic E-state index is 12.1. The molecular weight excluding hydrogens is 468 g/mol. The lowest BCUT2D eigenvalue weighted by Gasteiger charge is -2.09. The van der Waals surface area contributed by atoms with Crippen molar-refractivity contribution >= 4 is 11.8 Å². The lowest BCUT2D eigenvalue weighted by Crippen LogP contribution is -2.25. The number of amides is 2. The molecule has 0 atom stereocenters. The Bertz CT molecular complexity index is 884. The van der Waals surface area contributed by atoms with Crippen molar-refractivity contribution in [3.05, 3.63) is 65.2 Å². The van der Waals surface area contributed by atoms with Crippen LogP contribution in [0.1, 0.15) is 55.2 Å². The van der Waals surface area contributed by atoms with Crippen LogP contribution >= 0.6 is 0 Å². The Kier molecular flexibility index (Phi) is 15.8. The summed E-state index contributed by atoms with van der Waals surface area (Å²) in [5, 5.41) is 5.53. The quantitative estimate of drug-likeness (QED) is 0.257. The smallest absolute Gasteiger partial charge is 0.245 e. The SMILES string of the molecule is CNC(=O)COCCCOCCOc1ccc(CCNC(=O)CCCCCCc2ccc(C)cc2)cc1. The van der Waals surface area contributed by atoms with Gasteiger partial charge in [-0.25, -0.2) is 0 Å². The normalized spacial score (nSPS) is 10.8. The second kappa shape index (κ2) is 19.2. The molecule has 0 spiro atoms. The molecule has 0 saturated carbocycles. The second-order valence-corrected chi connectivity index (χ2v) is 9.18. The Morgan fingerprint density at radius 1 is 0.703 bits per heavy atom. The van der Waals surface area contributed by atoms with Crippen LogP contribution in [0.5, 0.6) is 5.75 Å². The molecule has 0 bridgehead atoms. The molecule has 2 aromatic rings. The van der Waals surface area contributed by atoms with E-state index in [1.807, 2.05) is 24.3 Å². The van der Waals surface area contributed by atoms with Crippen LogP contribution in [0.3, 0.4) is 0 Å². The van der Waals surface area contributed by atoms with Gasteiger partial charge in [-0.15, -0.1) is 0 Å². The first-order chi connectivity index (χ1) is 18.1. The molecule has 2 amide bonds. The third-order valence-corrected chi connectivity index (χ3v) is 5.98. The summed E-state index contributed by atoms with van der Waals surface area (Å²) in [6, 6.07) is 16.7. The molecule has 0 unspecified atom stereocenters. The molecule has 2 N–H and O–H groups in total. The monoisotopic (exact) mass is 512 g/mol. The summed E-state index contributed by atoms with van der Waals surface area (Å²) in [7, 11) is 1.58. The molecule has 2 rings (SSSR count). The van der Waals surface area contributed by atoms with E-state index in [0.717, 1.165) is 49.8 Å². The highest BCUT2D eigenvalue weighted by atomic mass is 16.5. The van der Waals surface area contributed by atoms with Crippen molar-refractivity contribution in [3.8, 4) is 5.75 Å². The first-order valence-corrected chi connectivity index (χ1v) is 13.5. The maximum Gasteiger partial charge on any atom is 0.245 e. The van der Waals surface area contributed by atoms with Gasteiger partial charge in [-0.1, -0.05) is 54.8 Å². The molecule has 2 aromatic carbocycles. The van der Waals surface area contributed by atoms with Crippen LogP contribution in [-0.2, 0) is 31.9 Å². The third kappa shape index (κ3) is 15.1. The Morgan fingerprint density at radius 3 is 2.14 bits per heavy atom. The average molecular weight is 513 g/mol. The molecular formula is C30H44N2O5. The van der Waals surface area contributed by atoms with E-state index in [2.05, 4.69) is 41.8 Å². The van der Waals surface area contributed by atoms with E-state index in [-0.39, 0.29) is 18.4 Å². The minimum atomic E-state index is -0.128.